The number of primary amides is 1. The molecule has 0 bridgehead atoms. The van der Waals surface area contributed by atoms with Gasteiger partial charge in [-0.15, -0.1) is 0 Å². The van der Waals surface area contributed by atoms with E-state index >= 15 is 0 Å². The summed E-state index contributed by atoms with van der Waals surface area (Å²) in [6, 6.07) is 5.70. The predicted molar refractivity (Wildman–Crippen MR) is 94.8 cm³/mol. The molecule has 2 amide bonds. The fraction of sp³-hybridized carbons (Fsp3) is 0.111. The minimum Gasteiger partial charge on any atom is -0.363 e. The van der Waals surface area contributed by atoms with Crippen LogP contribution in [0.25, 0.3) is 5.69 Å². The Kier molecular flexibility index (Phi) is 5.31. The Morgan fingerprint density at radius 2 is 1.63 bits per heavy atom. The largest absolute Gasteiger partial charge is 0.363 e. The van der Waals surface area contributed by atoms with Crippen molar-refractivity contribution in [2.24, 2.45) is 5.73 Å². The smallest absolute Gasteiger partial charge is 0.287 e. The number of carbonyl (C=O) groups excluding carboxylic acids is 3. The first-order chi connectivity index (χ1) is 13.1. The Morgan fingerprint density at radius 3 is 2.26 bits per heavy atom. The number of nitrogens with two attached hydrogens (primary N) is 1. The number of Topliss-reactive ketones (excluding diaryl/α,β-unsaturated/α-hetero) is 1. The summed E-state index contributed by atoms with van der Waals surface area (Å²) in [5.74, 6) is -2.55. The fourth-order valence-electron chi connectivity index (χ4n) is 2.54. The molecular formula is C18H16N6O3. The van der Waals surface area contributed by atoms with Crippen LogP contribution in [0, 0.1) is 0 Å². The third-order valence-corrected chi connectivity index (χ3v) is 3.87. The molecule has 0 spiro atoms. The van der Waals surface area contributed by atoms with E-state index < -0.39 is 23.6 Å². The number of imidazole rings is 1. The van der Waals surface area contributed by atoms with Crippen LogP contribution in [0.2, 0.25) is 0 Å². The van der Waals surface area contributed by atoms with Crippen molar-refractivity contribution in [3.8, 4) is 5.69 Å². The molecule has 0 aliphatic rings. The van der Waals surface area contributed by atoms with Crippen molar-refractivity contribution in [1.29, 1.82) is 0 Å². The van der Waals surface area contributed by atoms with E-state index in [4.69, 9.17) is 5.73 Å². The van der Waals surface area contributed by atoms with E-state index in [0.717, 1.165) is 5.56 Å². The third kappa shape index (κ3) is 4.21. The van der Waals surface area contributed by atoms with Crippen LogP contribution < -0.4 is 11.1 Å². The number of pyridine rings is 2. The standard InChI is InChI=1S/C18H16N6O3/c19-17(26)16(25)14(9-12-1-5-20-6-2-12)23-18(27)15-10-22-11-24(15)13-3-7-21-8-4-13/h1-8,10-11,14H,9H2,(H2,19,26)(H,23,27). The molecule has 3 aromatic heterocycles. The summed E-state index contributed by atoms with van der Waals surface area (Å²) >= 11 is 0. The summed E-state index contributed by atoms with van der Waals surface area (Å²) in [5.41, 5.74) is 6.75. The van der Waals surface area contributed by atoms with Crippen LogP contribution >= 0.6 is 0 Å². The van der Waals surface area contributed by atoms with Crippen LogP contribution in [0.15, 0.2) is 61.6 Å². The van der Waals surface area contributed by atoms with E-state index in [0.29, 0.717) is 5.69 Å². The fourth-order valence-corrected chi connectivity index (χ4v) is 2.54. The van der Waals surface area contributed by atoms with Gasteiger partial charge in [-0.2, -0.15) is 0 Å². The Labute approximate surface area is 154 Å². The molecule has 0 saturated carbocycles. The van der Waals surface area contributed by atoms with Gasteiger partial charge in [-0.25, -0.2) is 4.98 Å². The number of amides is 2. The maximum absolute atomic E-state index is 12.7. The Bertz CT molecular complexity index is 955. The zero-order valence-electron chi connectivity index (χ0n) is 14.1. The summed E-state index contributed by atoms with van der Waals surface area (Å²) in [6.07, 6.45) is 9.23. The van der Waals surface area contributed by atoms with E-state index in [1.54, 1.807) is 53.6 Å². The first kappa shape index (κ1) is 17.9. The van der Waals surface area contributed by atoms with Crippen LogP contribution in [0.5, 0.6) is 0 Å². The number of hydrogen-bond donors (Lipinski definition) is 2. The lowest BCUT2D eigenvalue weighted by Gasteiger charge is -2.17. The molecule has 0 aromatic carbocycles. The molecule has 0 saturated heterocycles. The van der Waals surface area contributed by atoms with E-state index in [1.165, 1.54) is 12.5 Å². The van der Waals surface area contributed by atoms with Gasteiger partial charge in [-0.05, 0) is 29.8 Å². The number of nitrogens with zero attached hydrogens (tertiary/aromatic N) is 4. The van der Waals surface area contributed by atoms with Crippen molar-refractivity contribution in [2.45, 2.75) is 12.5 Å². The summed E-state index contributed by atoms with van der Waals surface area (Å²) in [6.45, 7) is 0. The van der Waals surface area contributed by atoms with Crippen LogP contribution in [0.3, 0.4) is 0 Å². The average Bonchev–Trinajstić information content (AvgIpc) is 3.18. The highest BCUT2D eigenvalue weighted by Crippen LogP contribution is 2.11. The predicted octanol–water partition coefficient (Wildman–Crippen LogP) is 0.0578. The first-order valence-electron chi connectivity index (χ1n) is 8.02. The molecule has 0 radical (unpaired) electrons. The van der Waals surface area contributed by atoms with Gasteiger partial charge in [-0.3, -0.25) is 28.9 Å². The minimum atomic E-state index is -1.11. The lowest BCUT2D eigenvalue weighted by molar-refractivity contribution is -0.137. The molecule has 0 aliphatic heterocycles. The van der Waals surface area contributed by atoms with Gasteiger partial charge in [0, 0.05) is 31.2 Å². The summed E-state index contributed by atoms with van der Waals surface area (Å²) in [5, 5.41) is 2.57. The molecule has 3 rings (SSSR count). The topological polar surface area (TPSA) is 133 Å². The van der Waals surface area contributed by atoms with Crippen molar-refractivity contribution in [3.63, 3.8) is 0 Å². The van der Waals surface area contributed by atoms with Gasteiger partial charge >= 0.3 is 0 Å². The monoisotopic (exact) mass is 364 g/mol. The van der Waals surface area contributed by atoms with E-state index in [9.17, 15) is 14.4 Å². The van der Waals surface area contributed by atoms with E-state index in [-0.39, 0.29) is 12.1 Å². The van der Waals surface area contributed by atoms with Crippen LogP contribution in [-0.2, 0) is 16.0 Å². The number of ketones is 1. The second kappa shape index (κ2) is 8.00. The molecule has 9 nitrogen and oxygen atoms in total. The van der Waals surface area contributed by atoms with Crippen molar-refractivity contribution in [3.05, 3.63) is 72.8 Å². The van der Waals surface area contributed by atoms with Crippen LogP contribution in [0.1, 0.15) is 16.1 Å². The third-order valence-electron chi connectivity index (χ3n) is 3.87. The SMILES string of the molecule is NC(=O)C(=O)C(Cc1ccncc1)NC(=O)c1cncn1-c1ccncc1. The second-order valence-electron chi connectivity index (χ2n) is 5.67. The molecule has 3 N–H and O–H groups in total. The number of aromatic nitrogens is 4. The highest BCUT2D eigenvalue weighted by Gasteiger charge is 2.27. The Morgan fingerprint density at radius 1 is 1.00 bits per heavy atom. The molecule has 1 unspecified atom stereocenters. The number of hydrogen-bond acceptors (Lipinski definition) is 6. The van der Waals surface area contributed by atoms with Gasteiger partial charge in [0.15, 0.2) is 0 Å². The zero-order chi connectivity index (χ0) is 19.2. The minimum absolute atomic E-state index is 0.111. The molecule has 0 fully saturated rings. The number of rotatable bonds is 7. The quantitative estimate of drug-likeness (QED) is 0.570. The molecule has 0 aliphatic carbocycles. The zero-order valence-corrected chi connectivity index (χ0v) is 14.1. The number of carbonyl (C=O) groups is 3. The molecule has 9 heteroatoms. The van der Waals surface area contributed by atoms with Gasteiger partial charge < -0.3 is 11.1 Å². The van der Waals surface area contributed by atoms with Gasteiger partial charge in [0.05, 0.1) is 18.2 Å². The summed E-state index contributed by atoms with van der Waals surface area (Å²) < 4.78 is 1.55. The molecule has 27 heavy (non-hydrogen) atoms. The van der Waals surface area contributed by atoms with Gasteiger partial charge in [-0.1, -0.05) is 0 Å². The van der Waals surface area contributed by atoms with Gasteiger partial charge in [0.1, 0.15) is 11.7 Å². The van der Waals surface area contributed by atoms with Gasteiger partial charge in [0.2, 0.25) is 5.78 Å². The summed E-state index contributed by atoms with van der Waals surface area (Å²) in [4.78, 5) is 48.1. The molecular weight excluding hydrogens is 348 g/mol. The highest BCUT2D eigenvalue weighted by atomic mass is 16.2. The first-order valence-corrected chi connectivity index (χ1v) is 8.02. The van der Waals surface area contributed by atoms with Crippen molar-refractivity contribution in [2.75, 3.05) is 0 Å². The molecule has 1 atom stereocenters. The van der Waals surface area contributed by atoms with Crippen molar-refractivity contribution in [1.82, 2.24) is 24.8 Å². The maximum atomic E-state index is 12.7. The normalized spacial score (nSPS) is 11.6. The summed E-state index contributed by atoms with van der Waals surface area (Å²) in [7, 11) is 0. The molecule has 3 aromatic rings. The Balaban J connectivity index is 1.84. The van der Waals surface area contributed by atoms with Crippen LogP contribution in [0.4, 0.5) is 0 Å². The maximum Gasteiger partial charge on any atom is 0.287 e. The van der Waals surface area contributed by atoms with Crippen LogP contribution in [-0.4, -0.2) is 43.2 Å². The van der Waals surface area contributed by atoms with Crippen molar-refractivity contribution < 1.29 is 14.4 Å². The second-order valence-corrected chi connectivity index (χ2v) is 5.67. The highest BCUT2D eigenvalue weighted by molar-refractivity contribution is 6.38. The van der Waals surface area contributed by atoms with Crippen molar-refractivity contribution >= 4 is 17.6 Å². The average molecular weight is 364 g/mol. The Hall–Kier alpha value is -3.88. The van der Waals surface area contributed by atoms with E-state index in [2.05, 4.69) is 20.3 Å². The number of nitrogens with one attached hydrogen (secondary N) is 1. The molecule has 3 heterocycles. The lowest BCUT2D eigenvalue weighted by atomic mass is 10.0. The molecule has 136 valence electrons. The lowest BCUT2D eigenvalue weighted by Crippen LogP contribution is -2.47. The van der Waals surface area contributed by atoms with E-state index in [1.807, 2.05) is 0 Å². The van der Waals surface area contributed by atoms with Gasteiger partial charge in [0.25, 0.3) is 11.8 Å².